The van der Waals surface area contributed by atoms with Gasteiger partial charge in [0, 0.05) is 31.1 Å². The summed E-state index contributed by atoms with van der Waals surface area (Å²) in [5, 5.41) is 1.99. The Morgan fingerprint density at radius 2 is 1.62 bits per heavy atom. The summed E-state index contributed by atoms with van der Waals surface area (Å²) in [6, 6.07) is 11.5. The largest absolute Gasteiger partial charge is 0.497 e. The van der Waals surface area contributed by atoms with Crippen LogP contribution in [0, 0.1) is 0 Å². The molecule has 5 nitrogen and oxygen atoms in total. The SMILES string of the molecule is COc1ccc(CC(=O)N2CCCN(C(=O)Cc3cccs3)CC2)cc1. The molecule has 2 heterocycles. The number of amides is 2. The lowest BCUT2D eigenvalue weighted by molar-refractivity contribution is -0.132. The van der Waals surface area contributed by atoms with Crippen LogP contribution < -0.4 is 4.74 Å². The standard InChI is InChI=1S/C20H24N2O3S/c1-25-17-7-5-16(6-8-17)14-19(23)21-9-3-10-22(12-11-21)20(24)15-18-4-2-13-26-18/h2,4-8,13H,3,9-12,14-15H2,1H3. The van der Waals surface area contributed by atoms with Gasteiger partial charge in [-0.2, -0.15) is 0 Å². The number of carbonyl (C=O) groups is 2. The van der Waals surface area contributed by atoms with Gasteiger partial charge in [0.2, 0.25) is 11.8 Å². The molecule has 2 amide bonds. The Labute approximate surface area is 158 Å². The lowest BCUT2D eigenvalue weighted by Gasteiger charge is -2.22. The molecule has 1 aromatic heterocycles. The van der Waals surface area contributed by atoms with Crippen molar-refractivity contribution < 1.29 is 14.3 Å². The van der Waals surface area contributed by atoms with Crippen LogP contribution in [0.25, 0.3) is 0 Å². The normalized spacial score (nSPS) is 14.8. The number of hydrogen-bond acceptors (Lipinski definition) is 4. The Bertz CT molecular complexity index is 728. The van der Waals surface area contributed by atoms with Crippen molar-refractivity contribution in [3.8, 4) is 5.75 Å². The van der Waals surface area contributed by atoms with Crippen LogP contribution in [0.4, 0.5) is 0 Å². The van der Waals surface area contributed by atoms with Gasteiger partial charge in [-0.05, 0) is 35.6 Å². The van der Waals surface area contributed by atoms with Crippen molar-refractivity contribution in [1.82, 2.24) is 9.80 Å². The summed E-state index contributed by atoms with van der Waals surface area (Å²) in [7, 11) is 1.63. The molecule has 3 rings (SSSR count). The van der Waals surface area contributed by atoms with E-state index in [1.54, 1.807) is 18.4 Å². The summed E-state index contributed by atoms with van der Waals surface area (Å²) in [4.78, 5) is 29.9. The molecule has 0 atom stereocenters. The molecule has 0 bridgehead atoms. The van der Waals surface area contributed by atoms with E-state index >= 15 is 0 Å². The molecule has 0 aliphatic carbocycles. The molecule has 1 saturated heterocycles. The maximum Gasteiger partial charge on any atom is 0.227 e. The molecule has 0 saturated carbocycles. The highest BCUT2D eigenvalue weighted by Gasteiger charge is 2.22. The molecule has 2 aromatic rings. The number of methoxy groups -OCH3 is 1. The highest BCUT2D eigenvalue weighted by atomic mass is 32.1. The Kier molecular flexibility index (Phi) is 6.28. The molecule has 26 heavy (non-hydrogen) atoms. The third-order valence-corrected chi connectivity index (χ3v) is 5.50. The molecule has 0 unspecified atom stereocenters. The zero-order valence-electron chi connectivity index (χ0n) is 15.0. The fourth-order valence-electron chi connectivity index (χ4n) is 3.12. The van der Waals surface area contributed by atoms with E-state index in [1.165, 1.54) is 0 Å². The van der Waals surface area contributed by atoms with E-state index in [-0.39, 0.29) is 11.8 Å². The van der Waals surface area contributed by atoms with Gasteiger partial charge < -0.3 is 14.5 Å². The molecule has 0 N–H and O–H groups in total. The minimum atomic E-state index is 0.114. The predicted molar refractivity (Wildman–Crippen MR) is 102 cm³/mol. The molecule has 138 valence electrons. The van der Waals surface area contributed by atoms with Gasteiger partial charge in [-0.15, -0.1) is 11.3 Å². The van der Waals surface area contributed by atoms with Crippen LogP contribution in [0.5, 0.6) is 5.75 Å². The quantitative estimate of drug-likeness (QED) is 0.811. The van der Waals surface area contributed by atoms with Crippen LogP contribution in [0.15, 0.2) is 41.8 Å². The van der Waals surface area contributed by atoms with Crippen LogP contribution in [0.1, 0.15) is 16.9 Å². The fourth-order valence-corrected chi connectivity index (χ4v) is 3.82. The Balaban J connectivity index is 1.52. The van der Waals surface area contributed by atoms with Gasteiger partial charge in [-0.3, -0.25) is 9.59 Å². The first-order valence-corrected chi connectivity index (χ1v) is 9.74. The van der Waals surface area contributed by atoms with E-state index in [0.717, 1.165) is 29.2 Å². The highest BCUT2D eigenvalue weighted by Crippen LogP contribution is 2.15. The maximum atomic E-state index is 12.6. The van der Waals surface area contributed by atoms with E-state index < -0.39 is 0 Å². The van der Waals surface area contributed by atoms with Crippen LogP contribution in [0.2, 0.25) is 0 Å². The van der Waals surface area contributed by atoms with E-state index in [4.69, 9.17) is 4.74 Å². The Hall–Kier alpha value is -2.34. The zero-order valence-corrected chi connectivity index (χ0v) is 15.8. The lowest BCUT2D eigenvalue weighted by atomic mass is 10.1. The average molecular weight is 372 g/mol. The van der Waals surface area contributed by atoms with Crippen molar-refractivity contribution in [1.29, 1.82) is 0 Å². The van der Waals surface area contributed by atoms with Gasteiger partial charge in [0.1, 0.15) is 5.75 Å². The average Bonchev–Trinajstić information content (AvgIpc) is 3.03. The molecule has 1 fully saturated rings. The number of rotatable bonds is 5. The summed E-state index contributed by atoms with van der Waals surface area (Å²) >= 11 is 1.61. The molecule has 0 radical (unpaired) electrons. The molecule has 1 aliphatic heterocycles. The van der Waals surface area contributed by atoms with Crippen molar-refractivity contribution in [3.63, 3.8) is 0 Å². The number of thiophene rings is 1. The summed E-state index contributed by atoms with van der Waals surface area (Å²) in [6.07, 6.45) is 1.66. The summed E-state index contributed by atoms with van der Waals surface area (Å²) < 4.78 is 5.15. The number of nitrogens with zero attached hydrogens (tertiary/aromatic N) is 2. The second-order valence-electron chi connectivity index (χ2n) is 6.40. The Morgan fingerprint density at radius 3 is 2.19 bits per heavy atom. The first kappa shape index (κ1) is 18.5. The minimum absolute atomic E-state index is 0.114. The van der Waals surface area contributed by atoms with Gasteiger partial charge >= 0.3 is 0 Å². The predicted octanol–water partition coefficient (Wildman–Crippen LogP) is 2.60. The third kappa shape index (κ3) is 4.85. The maximum absolute atomic E-state index is 12.6. The van der Waals surface area contributed by atoms with E-state index in [2.05, 4.69) is 0 Å². The second kappa shape index (κ2) is 8.85. The number of carbonyl (C=O) groups excluding carboxylic acids is 2. The zero-order chi connectivity index (χ0) is 18.4. The first-order valence-electron chi connectivity index (χ1n) is 8.86. The van der Waals surface area contributed by atoms with Crippen LogP contribution in [0.3, 0.4) is 0 Å². The van der Waals surface area contributed by atoms with Gasteiger partial charge in [-0.1, -0.05) is 18.2 Å². The van der Waals surface area contributed by atoms with Gasteiger partial charge in [-0.25, -0.2) is 0 Å². The number of benzene rings is 1. The van der Waals surface area contributed by atoms with Crippen LogP contribution in [-0.2, 0) is 22.4 Å². The molecular weight excluding hydrogens is 348 g/mol. The molecule has 1 aromatic carbocycles. The van der Waals surface area contributed by atoms with Crippen molar-refractivity contribution in [2.45, 2.75) is 19.3 Å². The van der Waals surface area contributed by atoms with E-state index in [1.807, 2.05) is 51.6 Å². The fraction of sp³-hybridized carbons (Fsp3) is 0.400. The number of hydrogen-bond donors (Lipinski definition) is 0. The summed E-state index contributed by atoms with van der Waals surface area (Å²) in [5.41, 5.74) is 0.977. The summed E-state index contributed by atoms with van der Waals surface area (Å²) in [6.45, 7) is 2.64. The van der Waals surface area contributed by atoms with Crippen LogP contribution in [-0.4, -0.2) is 54.9 Å². The third-order valence-electron chi connectivity index (χ3n) is 4.62. The van der Waals surface area contributed by atoms with Crippen molar-refractivity contribution >= 4 is 23.2 Å². The van der Waals surface area contributed by atoms with Crippen molar-refractivity contribution in [2.24, 2.45) is 0 Å². The molecule has 0 spiro atoms. The van der Waals surface area contributed by atoms with Crippen molar-refractivity contribution in [3.05, 3.63) is 52.2 Å². The monoisotopic (exact) mass is 372 g/mol. The smallest absolute Gasteiger partial charge is 0.227 e. The topological polar surface area (TPSA) is 49.9 Å². The Morgan fingerprint density at radius 1 is 0.962 bits per heavy atom. The minimum Gasteiger partial charge on any atom is -0.497 e. The van der Waals surface area contributed by atoms with Gasteiger partial charge in [0.05, 0.1) is 20.0 Å². The van der Waals surface area contributed by atoms with E-state index in [0.29, 0.717) is 32.5 Å². The van der Waals surface area contributed by atoms with Gasteiger partial charge in [0.15, 0.2) is 0 Å². The highest BCUT2D eigenvalue weighted by molar-refractivity contribution is 7.10. The molecule has 6 heteroatoms. The van der Waals surface area contributed by atoms with E-state index in [9.17, 15) is 9.59 Å². The first-order chi connectivity index (χ1) is 12.7. The second-order valence-corrected chi connectivity index (χ2v) is 7.43. The summed E-state index contributed by atoms with van der Waals surface area (Å²) in [5.74, 6) is 1.05. The molecular formula is C20H24N2O3S. The van der Waals surface area contributed by atoms with Crippen molar-refractivity contribution in [2.75, 3.05) is 33.3 Å². The molecule has 1 aliphatic rings. The van der Waals surface area contributed by atoms with Crippen LogP contribution >= 0.6 is 11.3 Å². The van der Waals surface area contributed by atoms with Gasteiger partial charge in [0.25, 0.3) is 0 Å². The lowest BCUT2D eigenvalue weighted by Crippen LogP contribution is -2.38. The number of ether oxygens (including phenoxy) is 1.